The number of carbonyl (C=O) groups excluding carboxylic acids is 1. The topological polar surface area (TPSA) is 66.0 Å². The van der Waals surface area contributed by atoms with Crippen molar-refractivity contribution >= 4 is 11.9 Å². The second kappa shape index (κ2) is 9.75. The number of methoxy groups -OCH3 is 1. The maximum absolute atomic E-state index is 11.9. The molecule has 0 aromatic carbocycles. The van der Waals surface area contributed by atoms with Crippen LogP contribution in [0.4, 0.5) is 0 Å². The van der Waals surface area contributed by atoms with E-state index in [1.807, 2.05) is 18.7 Å². The van der Waals surface area contributed by atoms with E-state index in [9.17, 15) is 4.79 Å². The Morgan fingerprint density at radius 2 is 2.13 bits per heavy atom. The first-order chi connectivity index (χ1) is 10.9. The summed E-state index contributed by atoms with van der Waals surface area (Å²) in [5, 5.41) is 6.62. The number of rotatable bonds is 9. The Labute approximate surface area is 141 Å². The highest BCUT2D eigenvalue weighted by atomic mass is 16.5. The molecule has 0 aliphatic carbocycles. The summed E-state index contributed by atoms with van der Waals surface area (Å²) >= 11 is 0. The lowest BCUT2D eigenvalue weighted by Crippen LogP contribution is -2.42. The number of hydrogen-bond donors (Lipinski definition) is 2. The van der Waals surface area contributed by atoms with Crippen molar-refractivity contribution in [3.63, 3.8) is 0 Å². The molecule has 134 valence electrons. The number of carbonyl (C=O) groups is 1. The molecule has 0 aromatic rings. The van der Waals surface area contributed by atoms with E-state index in [0.717, 1.165) is 44.9 Å². The molecule has 1 rings (SSSR count). The largest absolute Gasteiger partial charge is 0.377 e. The van der Waals surface area contributed by atoms with Gasteiger partial charge in [0.05, 0.1) is 12.1 Å². The van der Waals surface area contributed by atoms with Gasteiger partial charge in [0.25, 0.3) is 0 Å². The molecule has 0 aromatic heterocycles. The van der Waals surface area contributed by atoms with Crippen LogP contribution in [0.1, 0.15) is 53.4 Å². The fourth-order valence-corrected chi connectivity index (χ4v) is 2.67. The van der Waals surface area contributed by atoms with Gasteiger partial charge in [-0.25, -0.2) is 0 Å². The summed E-state index contributed by atoms with van der Waals surface area (Å²) in [6.07, 6.45) is 3.65. The predicted molar refractivity (Wildman–Crippen MR) is 94.7 cm³/mol. The Balaban J connectivity index is 2.47. The van der Waals surface area contributed by atoms with Crippen molar-refractivity contribution in [2.24, 2.45) is 4.99 Å². The molecule has 6 nitrogen and oxygen atoms in total. The number of likely N-dealkylation sites (tertiary alicyclic amines) is 1. The summed E-state index contributed by atoms with van der Waals surface area (Å²) in [6.45, 7) is 11.4. The van der Waals surface area contributed by atoms with Gasteiger partial charge in [-0.15, -0.1) is 0 Å². The Morgan fingerprint density at radius 3 is 2.65 bits per heavy atom. The molecular formula is C17H34N4O2. The van der Waals surface area contributed by atoms with Crippen molar-refractivity contribution in [3.8, 4) is 0 Å². The lowest BCUT2D eigenvalue weighted by atomic mass is 10.1. The molecule has 1 fully saturated rings. The molecule has 2 N–H and O–H groups in total. The van der Waals surface area contributed by atoms with Crippen LogP contribution in [0.3, 0.4) is 0 Å². The van der Waals surface area contributed by atoms with Crippen LogP contribution in [0, 0.1) is 0 Å². The molecule has 0 spiro atoms. The summed E-state index contributed by atoms with van der Waals surface area (Å²) in [4.78, 5) is 18.5. The molecule has 0 bridgehead atoms. The van der Waals surface area contributed by atoms with Crippen molar-refractivity contribution < 1.29 is 9.53 Å². The van der Waals surface area contributed by atoms with E-state index in [1.165, 1.54) is 0 Å². The third-order valence-electron chi connectivity index (χ3n) is 4.31. The lowest BCUT2D eigenvalue weighted by Gasteiger charge is -2.27. The van der Waals surface area contributed by atoms with Gasteiger partial charge in [0, 0.05) is 39.2 Å². The predicted octanol–water partition coefficient (Wildman–Crippen LogP) is 1.76. The standard InChI is InChI=1S/C17H34N4O2/c1-6-14(21-12-8-9-15(21)22)10-11-19-16(18-7-2)20-13-17(3,4)23-5/h14H,6-13H2,1-5H3,(H2,18,19,20). The minimum absolute atomic E-state index is 0.268. The maximum Gasteiger partial charge on any atom is 0.222 e. The van der Waals surface area contributed by atoms with Gasteiger partial charge in [-0.2, -0.15) is 0 Å². The maximum atomic E-state index is 11.9. The quantitative estimate of drug-likeness (QED) is 0.500. The van der Waals surface area contributed by atoms with Gasteiger partial charge in [-0.05, 0) is 40.0 Å². The van der Waals surface area contributed by atoms with E-state index in [4.69, 9.17) is 4.74 Å². The van der Waals surface area contributed by atoms with Gasteiger partial charge < -0.3 is 20.3 Å². The fourth-order valence-electron chi connectivity index (χ4n) is 2.67. The number of aliphatic imine (C=N–C) groups is 1. The average Bonchev–Trinajstić information content (AvgIpc) is 2.95. The third kappa shape index (κ3) is 6.77. The highest BCUT2D eigenvalue weighted by Crippen LogP contribution is 2.17. The fraction of sp³-hybridized carbons (Fsp3) is 0.882. The molecule has 0 radical (unpaired) electrons. The number of nitrogens with zero attached hydrogens (tertiary/aromatic N) is 2. The first-order valence-corrected chi connectivity index (χ1v) is 8.80. The van der Waals surface area contributed by atoms with Gasteiger partial charge in [0.1, 0.15) is 0 Å². The van der Waals surface area contributed by atoms with Gasteiger partial charge >= 0.3 is 0 Å². The SMILES string of the molecule is CCNC(=NCC(C)(C)OC)NCCC(CC)N1CCCC1=O. The molecular weight excluding hydrogens is 292 g/mol. The Morgan fingerprint density at radius 1 is 1.39 bits per heavy atom. The monoisotopic (exact) mass is 326 g/mol. The second-order valence-corrected chi connectivity index (χ2v) is 6.63. The highest BCUT2D eigenvalue weighted by Gasteiger charge is 2.26. The smallest absolute Gasteiger partial charge is 0.222 e. The van der Waals surface area contributed by atoms with Crippen LogP contribution in [-0.4, -0.2) is 61.7 Å². The van der Waals surface area contributed by atoms with Crippen LogP contribution in [0.15, 0.2) is 4.99 Å². The number of ether oxygens (including phenoxy) is 1. The van der Waals surface area contributed by atoms with Gasteiger partial charge in [-0.3, -0.25) is 9.79 Å². The normalized spacial score (nSPS) is 17.5. The molecule has 1 heterocycles. The van der Waals surface area contributed by atoms with E-state index >= 15 is 0 Å². The summed E-state index contributed by atoms with van der Waals surface area (Å²) in [5.74, 6) is 1.11. The average molecular weight is 326 g/mol. The first-order valence-electron chi connectivity index (χ1n) is 8.80. The van der Waals surface area contributed by atoms with Gasteiger partial charge in [0.15, 0.2) is 5.96 Å². The molecule has 1 aliphatic heterocycles. The molecule has 1 amide bonds. The van der Waals surface area contributed by atoms with Crippen molar-refractivity contribution in [2.45, 2.75) is 65.0 Å². The lowest BCUT2D eigenvalue weighted by molar-refractivity contribution is -0.129. The number of hydrogen-bond acceptors (Lipinski definition) is 3. The third-order valence-corrected chi connectivity index (χ3v) is 4.31. The van der Waals surface area contributed by atoms with E-state index in [2.05, 4.69) is 29.5 Å². The second-order valence-electron chi connectivity index (χ2n) is 6.63. The van der Waals surface area contributed by atoms with Crippen LogP contribution >= 0.6 is 0 Å². The van der Waals surface area contributed by atoms with Crippen molar-refractivity contribution in [2.75, 3.05) is 33.3 Å². The zero-order valence-corrected chi connectivity index (χ0v) is 15.4. The number of amides is 1. The minimum atomic E-state index is -0.268. The number of nitrogens with one attached hydrogen (secondary N) is 2. The van der Waals surface area contributed by atoms with Crippen LogP contribution in [0.2, 0.25) is 0 Å². The summed E-state index contributed by atoms with van der Waals surface area (Å²) in [6, 6.07) is 0.329. The molecule has 23 heavy (non-hydrogen) atoms. The summed E-state index contributed by atoms with van der Waals surface area (Å²) in [7, 11) is 1.70. The molecule has 6 heteroatoms. The Kier molecular flexibility index (Phi) is 8.37. The van der Waals surface area contributed by atoms with Crippen LogP contribution in [0.25, 0.3) is 0 Å². The van der Waals surface area contributed by atoms with Gasteiger partial charge in [0.2, 0.25) is 5.91 Å². The van der Waals surface area contributed by atoms with Crippen LogP contribution in [0.5, 0.6) is 0 Å². The minimum Gasteiger partial charge on any atom is -0.377 e. The molecule has 0 saturated carbocycles. The van der Waals surface area contributed by atoms with Crippen molar-refractivity contribution in [3.05, 3.63) is 0 Å². The molecule has 1 aliphatic rings. The van der Waals surface area contributed by atoms with E-state index in [0.29, 0.717) is 24.9 Å². The van der Waals surface area contributed by atoms with Crippen molar-refractivity contribution in [1.29, 1.82) is 0 Å². The Hall–Kier alpha value is -1.30. The van der Waals surface area contributed by atoms with Crippen molar-refractivity contribution in [1.82, 2.24) is 15.5 Å². The number of guanidine groups is 1. The summed E-state index contributed by atoms with van der Waals surface area (Å²) < 4.78 is 5.40. The first kappa shape index (κ1) is 19.7. The van der Waals surface area contributed by atoms with E-state index in [1.54, 1.807) is 7.11 Å². The molecule has 1 atom stereocenters. The highest BCUT2D eigenvalue weighted by molar-refractivity contribution is 5.80. The zero-order chi connectivity index (χ0) is 17.3. The van der Waals surface area contributed by atoms with E-state index in [-0.39, 0.29) is 5.60 Å². The molecule has 1 saturated heterocycles. The van der Waals surface area contributed by atoms with Crippen LogP contribution < -0.4 is 10.6 Å². The Bertz CT molecular complexity index is 396. The molecule has 1 unspecified atom stereocenters. The van der Waals surface area contributed by atoms with Gasteiger partial charge in [-0.1, -0.05) is 6.92 Å². The zero-order valence-electron chi connectivity index (χ0n) is 15.4. The summed E-state index contributed by atoms with van der Waals surface area (Å²) in [5.41, 5.74) is -0.268. The van der Waals surface area contributed by atoms with E-state index < -0.39 is 0 Å². The van der Waals surface area contributed by atoms with Crippen LogP contribution in [-0.2, 0) is 9.53 Å².